The standard InChI is InChI=1S/C14H17N3O/c1-10(2)17-9-15-16-14(17)12-7-8-18-13-6-4-3-5-11(12)13/h3-6,9-10,12H,7-8H2,1-2H3. The van der Waals surface area contributed by atoms with Crippen molar-refractivity contribution in [3.63, 3.8) is 0 Å². The van der Waals surface area contributed by atoms with Crippen LogP contribution in [0.3, 0.4) is 0 Å². The molecule has 0 radical (unpaired) electrons. The average Bonchev–Trinajstić information content (AvgIpc) is 2.87. The molecule has 2 aromatic rings. The molecule has 0 fully saturated rings. The van der Waals surface area contributed by atoms with Crippen molar-refractivity contribution in [1.82, 2.24) is 14.8 Å². The molecule has 3 rings (SSSR count). The highest BCUT2D eigenvalue weighted by Gasteiger charge is 2.27. The molecule has 1 aromatic carbocycles. The third-order valence-electron chi connectivity index (χ3n) is 3.43. The SMILES string of the molecule is CC(C)n1cnnc1C1CCOc2ccccc21. The summed E-state index contributed by atoms with van der Waals surface area (Å²) in [7, 11) is 0. The van der Waals surface area contributed by atoms with Gasteiger partial charge < -0.3 is 9.30 Å². The smallest absolute Gasteiger partial charge is 0.140 e. The van der Waals surface area contributed by atoms with Crippen molar-refractivity contribution in [3.05, 3.63) is 42.0 Å². The molecule has 1 aromatic heterocycles. The van der Waals surface area contributed by atoms with Gasteiger partial charge in [-0.2, -0.15) is 0 Å². The molecule has 1 aliphatic rings. The fourth-order valence-electron chi connectivity index (χ4n) is 2.51. The number of benzene rings is 1. The summed E-state index contributed by atoms with van der Waals surface area (Å²) in [5.41, 5.74) is 1.22. The van der Waals surface area contributed by atoms with Crippen LogP contribution in [-0.4, -0.2) is 21.4 Å². The maximum atomic E-state index is 5.69. The van der Waals surface area contributed by atoms with E-state index in [1.165, 1.54) is 5.56 Å². The van der Waals surface area contributed by atoms with Crippen molar-refractivity contribution in [1.29, 1.82) is 0 Å². The second-order valence-electron chi connectivity index (χ2n) is 4.92. The highest BCUT2D eigenvalue weighted by atomic mass is 16.5. The molecule has 18 heavy (non-hydrogen) atoms. The number of para-hydroxylation sites is 1. The minimum atomic E-state index is 0.292. The molecule has 0 spiro atoms. The molecule has 94 valence electrons. The Labute approximate surface area is 107 Å². The van der Waals surface area contributed by atoms with Gasteiger partial charge in [0.05, 0.1) is 12.5 Å². The Morgan fingerprint density at radius 2 is 2.17 bits per heavy atom. The van der Waals surface area contributed by atoms with Crippen LogP contribution in [0.2, 0.25) is 0 Å². The summed E-state index contributed by atoms with van der Waals surface area (Å²) in [6.45, 7) is 5.04. The van der Waals surface area contributed by atoms with Crippen molar-refractivity contribution in [2.75, 3.05) is 6.61 Å². The first kappa shape index (κ1) is 11.3. The topological polar surface area (TPSA) is 39.9 Å². The lowest BCUT2D eigenvalue weighted by atomic mass is 9.92. The van der Waals surface area contributed by atoms with Gasteiger partial charge in [0.1, 0.15) is 17.9 Å². The Hall–Kier alpha value is -1.84. The number of ether oxygens (including phenoxy) is 1. The van der Waals surface area contributed by atoms with Crippen LogP contribution in [0.1, 0.15) is 43.6 Å². The van der Waals surface area contributed by atoms with E-state index in [0.717, 1.165) is 24.6 Å². The largest absolute Gasteiger partial charge is 0.493 e. The lowest BCUT2D eigenvalue weighted by Crippen LogP contribution is -2.19. The first-order chi connectivity index (χ1) is 8.77. The quantitative estimate of drug-likeness (QED) is 0.814. The van der Waals surface area contributed by atoms with Gasteiger partial charge in [-0.3, -0.25) is 0 Å². The molecule has 1 unspecified atom stereocenters. The van der Waals surface area contributed by atoms with Crippen molar-refractivity contribution in [3.8, 4) is 5.75 Å². The van der Waals surface area contributed by atoms with E-state index in [-0.39, 0.29) is 0 Å². The van der Waals surface area contributed by atoms with Gasteiger partial charge in [-0.1, -0.05) is 18.2 Å². The second-order valence-corrected chi connectivity index (χ2v) is 4.92. The summed E-state index contributed by atoms with van der Waals surface area (Å²) >= 11 is 0. The molecule has 0 amide bonds. The van der Waals surface area contributed by atoms with Crippen molar-refractivity contribution < 1.29 is 4.74 Å². The van der Waals surface area contributed by atoms with Crippen LogP contribution in [0.25, 0.3) is 0 Å². The highest BCUT2D eigenvalue weighted by Crippen LogP contribution is 2.37. The van der Waals surface area contributed by atoms with Crippen LogP contribution in [0.5, 0.6) is 5.75 Å². The zero-order valence-corrected chi connectivity index (χ0v) is 10.7. The molecule has 0 saturated heterocycles. The fourth-order valence-corrected chi connectivity index (χ4v) is 2.51. The second kappa shape index (κ2) is 4.44. The van der Waals surface area contributed by atoms with Crippen LogP contribution >= 0.6 is 0 Å². The Morgan fingerprint density at radius 3 is 3.00 bits per heavy atom. The lowest BCUT2D eigenvalue weighted by Gasteiger charge is -2.26. The number of rotatable bonds is 2. The first-order valence-corrected chi connectivity index (χ1v) is 6.38. The van der Waals surface area contributed by atoms with E-state index in [9.17, 15) is 0 Å². The molecule has 1 atom stereocenters. The molecule has 0 saturated carbocycles. The summed E-state index contributed by atoms with van der Waals surface area (Å²) < 4.78 is 7.84. The van der Waals surface area contributed by atoms with Gasteiger partial charge in [0, 0.05) is 11.6 Å². The van der Waals surface area contributed by atoms with Crippen LogP contribution in [-0.2, 0) is 0 Å². The van der Waals surface area contributed by atoms with Crippen molar-refractivity contribution in [2.24, 2.45) is 0 Å². The summed E-state index contributed by atoms with van der Waals surface area (Å²) in [6, 6.07) is 8.59. The minimum Gasteiger partial charge on any atom is -0.493 e. The molecule has 4 nitrogen and oxygen atoms in total. The monoisotopic (exact) mass is 243 g/mol. The average molecular weight is 243 g/mol. The van der Waals surface area contributed by atoms with Gasteiger partial charge in [0.2, 0.25) is 0 Å². The van der Waals surface area contributed by atoms with E-state index in [4.69, 9.17) is 4.74 Å². The van der Waals surface area contributed by atoms with Gasteiger partial charge in [-0.05, 0) is 26.3 Å². The van der Waals surface area contributed by atoms with Crippen LogP contribution in [0.4, 0.5) is 0 Å². The maximum absolute atomic E-state index is 5.69. The third-order valence-corrected chi connectivity index (χ3v) is 3.43. The van der Waals surface area contributed by atoms with E-state index in [1.54, 1.807) is 0 Å². The molecule has 0 N–H and O–H groups in total. The van der Waals surface area contributed by atoms with E-state index < -0.39 is 0 Å². The molecular formula is C14H17N3O. The number of hydrogen-bond acceptors (Lipinski definition) is 3. The third kappa shape index (κ3) is 1.78. The lowest BCUT2D eigenvalue weighted by molar-refractivity contribution is 0.272. The number of nitrogens with zero attached hydrogens (tertiary/aromatic N) is 3. The van der Waals surface area contributed by atoms with Crippen molar-refractivity contribution in [2.45, 2.75) is 32.2 Å². The van der Waals surface area contributed by atoms with E-state index >= 15 is 0 Å². The van der Waals surface area contributed by atoms with E-state index in [1.807, 2.05) is 18.5 Å². The maximum Gasteiger partial charge on any atom is 0.140 e. The molecule has 1 aliphatic heterocycles. The fraction of sp³-hybridized carbons (Fsp3) is 0.429. The zero-order valence-electron chi connectivity index (χ0n) is 10.7. The molecular weight excluding hydrogens is 226 g/mol. The van der Waals surface area contributed by atoms with Gasteiger partial charge in [-0.25, -0.2) is 0 Å². The van der Waals surface area contributed by atoms with E-state index in [2.05, 4.69) is 40.7 Å². The predicted octanol–water partition coefficient (Wildman–Crippen LogP) is 2.77. The van der Waals surface area contributed by atoms with Crippen LogP contribution < -0.4 is 4.74 Å². The number of hydrogen-bond donors (Lipinski definition) is 0. The molecule has 0 aliphatic carbocycles. The highest BCUT2D eigenvalue weighted by molar-refractivity contribution is 5.40. The van der Waals surface area contributed by atoms with Crippen LogP contribution in [0, 0.1) is 0 Å². The van der Waals surface area contributed by atoms with Gasteiger partial charge in [0.15, 0.2) is 0 Å². The molecule has 2 heterocycles. The Bertz CT molecular complexity index is 547. The summed E-state index contributed by atoms with van der Waals surface area (Å²) in [5.74, 6) is 2.31. The Morgan fingerprint density at radius 1 is 1.33 bits per heavy atom. The summed E-state index contributed by atoms with van der Waals surface area (Å²) in [4.78, 5) is 0. The van der Waals surface area contributed by atoms with Crippen LogP contribution in [0.15, 0.2) is 30.6 Å². The number of aromatic nitrogens is 3. The number of fused-ring (bicyclic) bond motifs is 1. The Kier molecular flexibility index (Phi) is 2.78. The van der Waals surface area contributed by atoms with Gasteiger partial charge in [-0.15, -0.1) is 10.2 Å². The molecule has 4 heteroatoms. The van der Waals surface area contributed by atoms with Gasteiger partial charge >= 0.3 is 0 Å². The minimum absolute atomic E-state index is 0.292. The van der Waals surface area contributed by atoms with Crippen molar-refractivity contribution >= 4 is 0 Å². The zero-order chi connectivity index (χ0) is 12.5. The van der Waals surface area contributed by atoms with Gasteiger partial charge in [0.25, 0.3) is 0 Å². The summed E-state index contributed by atoms with van der Waals surface area (Å²) in [5, 5.41) is 8.38. The molecule has 0 bridgehead atoms. The predicted molar refractivity (Wildman–Crippen MR) is 68.8 cm³/mol. The normalized spacial score (nSPS) is 18.5. The Balaban J connectivity index is 2.06. The van der Waals surface area contributed by atoms with E-state index in [0.29, 0.717) is 12.0 Å². The first-order valence-electron chi connectivity index (χ1n) is 6.38. The summed E-state index contributed by atoms with van der Waals surface area (Å²) in [6.07, 6.45) is 2.78.